The Kier molecular flexibility index (Phi) is 7.93. The SMILES string of the molecule is CS(=O)(=O)NCC#Cc1ccc(N2C(=O)C(CC[C@H](O)c3ccc(F)cc3)[C@@H]2c2ccc(O)cc2)cc1. The van der Waals surface area contributed by atoms with Crippen LogP contribution in [-0.4, -0.2) is 37.3 Å². The van der Waals surface area contributed by atoms with Crippen molar-refractivity contribution in [3.8, 4) is 17.6 Å². The summed E-state index contributed by atoms with van der Waals surface area (Å²) in [4.78, 5) is 14.9. The number of hydrogen-bond acceptors (Lipinski definition) is 5. The van der Waals surface area contributed by atoms with Gasteiger partial charge in [0, 0.05) is 11.3 Å². The number of anilines is 1. The Morgan fingerprint density at radius 2 is 1.68 bits per heavy atom. The van der Waals surface area contributed by atoms with Gasteiger partial charge < -0.3 is 15.1 Å². The molecule has 1 aliphatic rings. The minimum atomic E-state index is -3.31. The number of aromatic hydroxyl groups is 1. The number of sulfonamides is 1. The standard InChI is InChI=1S/C28H27FN2O5S/c1-37(35,36)30-18-2-3-19-4-12-23(13-5-19)31-27(21-8-14-24(32)15-9-21)25(28(31)34)16-17-26(33)20-6-10-22(29)11-7-20/h4-15,25-27,30,32-33H,16-18H2,1H3/t25?,26-,27-/m0/s1. The van der Waals surface area contributed by atoms with Gasteiger partial charge in [0.2, 0.25) is 15.9 Å². The van der Waals surface area contributed by atoms with Crippen LogP contribution in [0.1, 0.15) is 41.7 Å². The third kappa shape index (κ3) is 6.54. The second-order valence-corrected chi connectivity index (χ2v) is 10.8. The van der Waals surface area contributed by atoms with Gasteiger partial charge in [-0.15, -0.1) is 0 Å². The Balaban J connectivity index is 1.50. The molecule has 1 amide bonds. The molecule has 0 aromatic heterocycles. The van der Waals surface area contributed by atoms with Crippen LogP contribution in [0.5, 0.6) is 5.75 Å². The summed E-state index contributed by atoms with van der Waals surface area (Å²) in [5.74, 6) is 4.91. The van der Waals surface area contributed by atoms with E-state index < -0.39 is 16.1 Å². The highest BCUT2D eigenvalue weighted by Gasteiger charge is 2.48. The van der Waals surface area contributed by atoms with Gasteiger partial charge in [-0.2, -0.15) is 0 Å². The molecule has 37 heavy (non-hydrogen) atoms. The van der Waals surface area contributed by atoms with Crippen molar-refractivity contribution in [3.05, 3.63) is 95.3 Å². The van der Waals surface area contributed by atoms with E-state index in [4.69, 9.17) is 0 Å². The smallest absolute Gasteiger partial charge is 0.233 e. The predicted octanol–water partition coefficient (Wildman–Crippen LogP) is 3.65. The second kappa shape index (κ2) is 11.1. The van der Waals surface area contributed by atoms with Gasteiger partial charge >= 0.3 is 0 Å². The molecule has 9 heteroatoms. The topological polar surface area (TPSA) is 107 Å². The molecule has 0 bridgehead atoms. The predicted molar refractivity (Wildman–Crippen MR) is 139 cm³/mol. The summed E-state index contributed by atoms with van der Waals surface area (Å²) in [5.41, 5.74) is 2.80. The minimum Gasteiger partial charge on any atom is -0.508 e. The number of halogens is 1. The third-order valence-electron chi connectivity index (χ3n) is 6.26. The molecule has 3 N–H and O–H groups in total. The van der Waals surface area contributed by atoms with E-state index in [9.17, 15) is 27.8 Å². The van der Waals surface area contributed by atoms with Crippen LogP contribution >= 0.6 is 0 Å². The summed E-state index contributed by atoms with van der Waals surface area (Å²) in [6, 6.07) is 19.2. The summed E-state index contributed by atoms with van der Waals surface area (Å²) in [5, 5.41) is 20.3. The first-order valence-corrected chi connectivity index (χ1v) is 13.6. The first kappa shape index (κ1) is 26.4. The third-order valence-corrected chi connectivity index (χ3v) is 6.92. The monoisotopic (exact) mass is 522 g/mol. The first-order chi connectivity index (χ1) is 17.6. The number of hydrogen-bond donors (Lipinski definition) is 3. The first-order valence-electron chi connectivity index (χ1n) is 11.7. The molecule has 1 unspecified atom stereocenters. The van der Waals surface area contributed by atoms with Crippen LogP contribution in [0.3, 0.4) is 0 Å². The number of carbonyl (C=O) groups excluding carboxylic acids is 1. The van der Waals surface area contributed by atoms with E-state index in [0.29, 0.717) is 29.7 Å². The number of phenolic OH excluding ortho intramolecular Hbond substituents is 1. The van der Waals surface area contributed by atoms with Crippen molar-refractivity contribution in [2.45, 2.75) is 25.0 Å². The molecule has 192 valence electrons. The number of benzene rings is 3. The Bertz CT molecular complexity index is 1410. The fraction of sp³-hybridized carbons (Fsp3) is 0.250. The van der Waals surface area contributed by atoms with Crippen molar-refractivity contribution in [2.24, 2.45) is 5.92 Å². The molecule has 7 nitrogen and oxygen atoms in total. The Morgan fingerprint density at radius 1 is 1.03 bits per heavy atom. The number of aliphatic hydroxyl groups excluding tert-OH is 1. The molecule has 1 fully saturated rings. The maximum Gasteiger partial charge on any atom is 0.233 e. The fourth-order valence-electron chi connectivity index (χ4n) is 4.38. The molecule has 0 saturated carbocycles. The quantitative estimate of drug-likeness (QED) is 0.309. The molecule has 1 saturated heterocycles. The normalized spacial score (nSPS) is 18.0. The number of phenols is 1. The molecule has 3 aromatic carbocycles. The summed E-state index contributed by atoms with van der Waals surface area (Å²) >= 11 is 0. The number of aliphatic hydroxyl groups is 1. The zero-order valence-electron chi connectivity index (χ0n) is 20.1. The van der Waals surface area contributed by atoms with E-state index in [1.54, 1.807) is 53.4 Å². The maximum atomic E-state index is 13.2. The number of nitrogens with zero attached hydrogens (tertiary/aromatic N) is 1. The van der Waals surface area contributed by atoms with Crippen LogP contribution in [0.4, 0.5) is 10.1 Å². The lowest BCUT2D eigenvalue weighted by Crippen LogP contribution is -2.55. The number of rotatable bonds is 8. The molecule has 3 atom stereocenters. The van der Waals surface area contributed by atoms with E-state index in [2.05, 4.69) is 16.6 Å². The zero-order chi connectivity index (χ0) is 26.6. The lowest BCUT2D eigenvalue weighted by atomic mass is 9.78. The Labute approximate surface area is 215 Å². The van der Waals surface area contributed by atoms with Gasteiger partial charge in [0.1, 0.15) is 11.6 Å². The number of nitrogens with one attached hydrogen (secondary N) is 1. The summed E-state index contributed by atoms with van der Waals surface area (Å²) in [7, 11) is -3.31. The lowest BCUT2D eigenvalue weighted by molar-refractivity contribution is -0.131. The maximum absolute atomic E-state index is 13.2. The van der Waals surface area contributed by atoms with Crippen molar-refractivity contribution in [1.29, 1.82) is 0 Å². The summed E-state index contributed by atoms with van der Waals surface area (Å²) in [6.45, 7) is -0.000421. The van der Waals surface area contributed by atoms with Gasteiger partial charge in [-0.25, -0.2) is 17.5 Å². The molecular formula is C28H27FN2O5S. The summed E-state index contributed by atoms with van der Waals surface area (Å²) < 4.78 is 37.8. The van der Waals surface area contributed by atoms with E-state index in [1.165, 1.54) is 24.3 Å². The van der Waals surface area contributed by atoms with E-state index in [0.717, 1.165) is 11.8 Å². The molecule has 1 aliphatic heterocycles. The second-order valence-electron chi connectivity index (χ2n) is 8.94. The largest absolute Gasteiger partial charge is 0.508 e. The van der Waals surface area contributed by atoms with Crippen molar-refractivity contribution >= 4 is 21.6 Å². The van der Waals surface area contributed by atoms with Gasteiger partial charge in [-0.1, -0.05) is 36.1 Å². The van der Waals surface area contributed by atoms with Crippen LogP contribution in [0.2, 0.25) is 0 Å². The van der Waals surface area contributed by atoms with Gasteiger partial charge in [-0.05, 0) is 72.5 Å². The average molecular weight is 523 g/mol. The van der Waals surface area contributed by atoms with Crippen LogP contribution in [0, 0.1) is 23.6 Å². The number of carbonyl (C=O) groups is 1. The van der Waals surface area contributed by atoms with Crippen molar-refractivity contribution < 1.29 is 27.8 Å². The highest BCUT2D eigenvalue weighted by molar-refractivity contribution is 7.88. The summed E-state index contributed by atoms with van der Waals surface area (Å²) in [6.07, 6.45) is 1.00. The molecule has 0 radical (unpaired) electrons. The van der Waals surface area contributed by atoms with Crippen LogP contribution < -0.4 is 9.62 Å². The van der Waals surface area contributed by atoms with Gasteiger partial charge in [0.15, 0.2) is 0 Å². The van der Waals surface area contributed by atoms with Gasteiger partial charge in [0.25, 0.3) is 0 Å². The van der Waals surface area contributed by atoms with Gasteiger partial charge in [-0.3, -0.25) is 4.79 Å². The van der Waals surface area contributed by atoms with Crippen LogP contribution in [-0.2, 0) is 14.8 Å². The highest BCUT2D eigenvalue weighted by atomic mass is 32.2. The fourth-order valence-corrected chi connectivity index (χ4v) is 4.71. The van der Waals surface area contributed by atoms with Crippen molar-refractivity contribution in [1.82, 2.24) is 4.72 Å². The average Bonchev–Trinajstić information content (AvgIpc) is 2.86. The van der Waals surface area contributed by atoms with Crippen LogP contribution in [0.25, 0.3) is 0 Å². The number of amides is 1. The molecular weight excluding hydrogens is 495 g/mol. The Hall–Kier alpha value is -3.71. The van der Waals surface area contributed by atoms with E-state index in [-0.39, 0.29) is 36.0 Å². The highest BCUT2D eigenvalue weighted by Crippen LogP contribution is 2.46. The Morgan fingerprint density at radius 3 is 2.30 bits per heavy atom. The minimum absolute atomic E-state index is 0.000421. The molecule has 4 rings (SSSR count). The van der Waals surface area contributed by atoms with Crippen molar-refractivity contribution in [3.63, 3.8) is 0 Å². The van der Waals surface area contributed by atoms with E-state index in [1.807, 2.05) is 0 Å². The molecule has 3 aromatic rings. The molecule has 0 spiro atoms. The number of β-lactam (4-membered cyclic amide) rings is 1. The zero-order valence-corrected chi connectivity index (χ0v) is 21.0. The molecule has 0 aliphatic carbocycles. The van der Waals surface area contributed by atoms with Crippen molar-refractivity contribution in [2.75, 3.05) is 17.7 Å². The lowest BCUT2D eigenvalue weighted by Gasteiger charge is -2.48. The molecule has 1 heterocycles. The van der Waals surface area contributed by atoms with Crippen LogP contribution in [0.15, 0.2) is 72.8 Å². The van der Waals surface area contributed by atoms with E-state index >= 15 is 0 Å². The van der Waals surface area contributed by atoms with Gasteiger partial charge in [0.05, 0.1) is 30.9 Å².